The van der Waals surface area contributed by atoms with Crippen LogP contribution in [0.1, 0.15) is 20.3 Å². The first-order chi connectivity index (χ1) is 4.27. The van der Waals surface area contributed by atoms with E-state index in [1.165, 1.54) is 6.42 Å². The SMILES string of the molecule is CC(C)CC[O][SnH2][O][SnH3]. The van der Waals surface area contributed by atoms with Crippen LogP contribution in [0.4, 0.5) is 0 Å². The predicted molar refractivity (Wildman–Crippen MR) is 45.0 cm³/mol. The first kappa shape index (κ1) is 10.5. The van der Waals surface area contributed by atoms with Gasteiger partial charge in [0, 0.05) is 0 Å². The summed E-state index contributed by atoms with van der Waals surface area (Å²) in [7, 11) is 0. The van der Waals surface area contributed by atoms with Gasteiger partial charge in [0.05, 0.1) is 0 Å². The fraction of sp³-hybridized carbons (Fsp3) is 1.00. The van der Waals surface area contributed by atoms with Gasteiger partial charge >= 0.3 is 82.2 Å². The van der Waals surface area contributed by atoms with Crippen molar-refractivity contribution in [1.82, 2.24) is 0 Å². The van der Waals surface area contributed by atoms with E-state index >= 15 is 0 Å². The summed E-state index contributed by atoms with van der Waals surface area (Å²) in [4.78, 5) is 0. The Morgan fingerprint density at radius 1 is 1.56 bits per heavy atom. The molecule has 0 aliphatic carbocycles. The molecule has 0 fully saturated rings. The molecule has 0 aromatic heterocycles. The first-order valence-corrected chi connectivity index (χ1v) is 8.96. The molecule has 0 aromatic carbocycles. The molecule has 2 nitrogen and oxygen atoms in total. The molecule has 0 spiro atoms. The van der Waals surface area contributed by atoms with Gasteiger partial charge in [-0.15, -0.1) is 0 Å². The number of hydrogen-bond acceptors (Lipinski definition) is 2. The quantitative estimate of drug-likeness (QED) is 0.487. The first-order valence-electron chi connectivity index (χ1n) is 3.34. The van der Waals surface area contributed by atoms with Gasteiger partial charge in [-0.3, -0.25) is 0 Å². The normalized spacial score (nSPS) is 12.3. The van der Waals surface area contributed by atoms with Crippen LogP contribution in [0.2, 0.25) is 0 Å². The molecular formula is C5H16O2Sn2. The molecule has 0 N–H and O–H groups in total. The summed E-state index contributed by atoms with van der Waals surface area (Å²) in [5.74, 6) is 0.775. The third kappa shape index (κ3) is 9.52. The Kier molecular flexibility index (Phi) is 8.91. The molecule has 9 heavy (non-hydrogen) atoms. The summed E-state index contributed by atoms with van der Waals surface area (Å²) in [6, 6.07) is 0. The van der Waals surface area contributed by atoms with E-state index in [1.54, 1.807) is 0 Å². The zero-order valence-corrected chi connectivity index (χ0v) is 16.3. The van der Waals surface area contributed by atoms with Crippen LogP contribution >= 0.6 is 0 Å². The standard InChI is InChI=1S/C5H11O.O.2Sn.5H/c1-5(2)3-4-6;;;;;;;;/h5H,3-4H2,1-2H3;;;;;;;;/q-1;;;+1;;;;;. The van der Waals surface area contributed by atoms with Crippen LogP contribution in [0, 0.1) is 5.92 Å². The van der Waals surface area contributed by atoms with Crippen molar-refractivity contribution in [1.29, 1.82) is 0 Å². The average Bonchev–Trinajstić information content (AvgIpc) is 1.80. The average molecular weight is 346 g/mol. The van der Waals surface area contributed by atoms with Crippen molar-refractivity contribution in [3.05, 3.63) is 0 Å². The Morgan fingerprint density at radius 2 is 2.22 bits per heavy atom. The van der Waals surface area contributed by atoms with Crippen molar-refractivity contribution in [2.24, 2.45) is 5.92 Å². The summed E-state index contributed by atoms with van der Waals surface area (Å²) < 4.78 is 10.5. The zero-order chi connectivity index (χ0) is 7.11. The summed E-state index contributed by atoms with van der Waals surface area (Å²) in [6.45, 7) is 5.36. The molecule has 0 aliphatic rings. The van der Waals surface area contributed by atoms with Gasteiger partial charge in [0.1, 0.15) is 0 Å². The van der Waals surface area contributed by atoms with Crippen molar-refractivity contribution >= 4 is 44.9 Å². The van der Waals surface area contributed by atoms with Gasteiger partial charge in [-0.05, 0) is 0 Å². The Hall–Kier alpha value is 1.52. The molecule has 0 radical (unpaired) electrons. The summed E-state index contributed by atoms with van der Waals surface area (Å²) in [6.07, 6.45) is 1.19. The van der Waals surface area contributed by atoms with Crippen molar-refractivity contribution < 1.29 is 4.49 Å². The molecule has 0 saturated heterocycles. The van der Waals surface area contributed by atoms with Gasteiger partial charge < -0.3 is 0 Å². The Bertz CT molecular complexity index is 58.9. The van der Waals surface area contributed by atoms with Gasteiger partial charge in [0.2, 0.25) is 0 Å². The maximum atomic E-state index is 5.33. The summed E-state index contributed by atoms with van der Waals surface area (Å²) in [5.41, 5.74) is 0. The summed E-state index contributed by atoms with van der Waals surface area (Å²) >= 11 is -0.631. The second-order valence-corrected chi connectivity index (χ2v) is 17.0. The van der Waals surface area contributed by atoms with E-state index in [0.29, 0.717) is 22.9 Å². The molecule has 4 heteroatoms. The number of hydrogen-bond donors (Lipinski definition) is 0. The van der Waals surface area contributed by atoms with Crippen LogP contribution in [-0.4, -0.2) is 51.5 Å². The Labute approximate surface area is 81.6 Å². The van der Waals surface area contributed by atoms with Gasteiger partial charge in [-0.25, -0.2) is 0 Å². The molecule has 0 atom stereocenters. The second kappa shape index (κ2) is 7.62. The Morgan fingerprint density at radius 3 is 2.67 bits per heavy atom. The third-order valence-corrected chi connectivity index (χ3v) is 7.53. The van der Waals surface area contributed by atoms with E-state index in [-0.39, 0.29) is 0 Å². The minimum atomic E-state index is -1.06. The fourth-order valence-corrected chi connectivity index (χ4v) is 4.94. The third-order valence-electron chi connectivity index (χ3n) is 1.04. The molecule has 0 amide bonds. The molecule has 0 saturated carbocycles. The summed E-state index contributed by atoms with van der Waals surface area (Å²) in [5, 5.41) is 0. The molecule has 0 aromatic rings. The zero-order valence-electron chi connectivity index (χ0n) is 6.52. The van der Waals surface area contributed by atoms with Crippen molar-refractivity contribution in [2.45, 2.75) is 20.3 Å². The van der Waals surface area contributed by atoms with E-state index in [2.05, 4.69) is 13.8 Å². The van der Waals surface area contributed by atoms with Crippen molar-refractivity contribution in [2.75, 3.05) is 6.61 Å². The monoisotopic (exact) mass is 348 g/mol. The predicted octanol–water partition coefficient (Wildman–Crippen LogP) is -0.655. The molecule has 0 aliphatic heterocycles. The van der Waals surface area contributed by atoms with Crippen LogP contribution < -0.4 is 0 Å². The maximum absolute atomic E-state index is 5.33. The van der Waals surface area contributed by atoms with Crippen molar-refractivity contribution in [3.8, 4) is 0 Å². The molecule has 0 bridgehead atoms. The van der Waals surface area contributed by atoms with Crippen LogP contribution in [0.15, 0.2) is 0 Å². The minimum absolute atomic E-state index is 0.431. The van der Waals surface area contributed by atoms with E-state index in [4.69, 9.17) is 4.49 Å². The van der Waals surface area contributed by atoms with E-state index in [0.717, 1.165) is 12.5 Å². The van der Waals surface area contributed by atoms with Gasteiger partial charge in [-0.2, -0.15) is 0 Å². The van der Waals surface area contributed by atoms with Gasteiger partial charge in [-0.1, -0.05) is 0 Å². The number of rotatable bonds is 5. The van der Waals surface area contributed by atoms with Gasteiger partial charge in [0.25, 0.3) is 0 Å². The second-order valence-electron chi connectivity index (χ2n) is 2.50. The molecule has 56 valence electrons. The van der Waals surface area contributed by atoms with Gasteiger partial charge in [0.15, 0.2) is 0 Å². The topological polar surface area (TPSA) is 18.5 Å². The molecular weight excluding hydrogens is 329 g/mol. The van der Waals surface area contributed by atoms with E-state index in [9.17, 15) is 0 Å². The Balaban J connectivity index is 2.75. The van der Waals surface area contributed by atoms with Crippen LogP contribution in [-0.2, 0) is 4.49 Å². The molecule has 0 unspecified atom stereocenters. The fourth-order valence-electron chi connectivity index (χ4n) is 0.461. The molecule has 0 rings (SSSR count). The van der Waals surface area contributed by atoms with Crippen molar-refractivity contribution in [3.63, 3.8) is 0 Å². The van der Waals surface area contributed by atoms with Crippen LogP contribution in [0.5, 0.6) is 0 Å². The molecule has 0 heterocycles. The van der Waals surface area contributed by atoms with Crippen LogP contribution in [0.25, 0.3) is 0 Å². The van der Waals surface area contributed by atoms with E-state index < -0.39 is 22.0 Å². The van der Waals surface area contributed by atoms with Crippen LogP contribution in [0.3, 0.4) is 0 Å². The van der Waals surface area contributed by atoms with E-state index in [1.807, 2.05) is 0 Å².